The van der Waals surface area contributed by atoms with Crippen molar-refractivity contribution < 1.29 is 22.0 Å². The highest BCUT2D eigenvalue weighted by Gasteiger charge is 2.19. The van der Waals surface area contributed by atoms with Gasteiger partial charge in [0.05, 0.1) is 0 Å². The topological polar surface area (TPSA) is 0 Å². The maximum absolute atomic E-state index is 15.3. The summed E-state index contributed by atoms with van der Waals surface area (Å²) in [5.41, 5.74) is 2.10. The van der Waals surface area contributed by atoms with Crippen LogP contribution in [-0.4, -0.2) is 0 Å². The highest BCUT2D eigenvalue weighted by Crippen LogP contribution is 2.38. The molecule has 0 heterocycles. The molecular weight excluding hydrogens is 443 g/mol. The molecule has 5 heteroatoms. The van der Waals surface area contributed by atoms with Gasteiger partial charge in [-0.25, -0.2) is 22.0 Å². The molecule has 0 radical (unpaired) electrons. The molecule has 174 valence electrons. The Hall–Kier alpha value is -3.21. The van der Waals surface area contributed by atoms with Gasteiger partial charge in [-0.05, 0) is 94.6 Å². The maximum Gasteiger partial charge on any atom is 0.194 e. The lowest BCUT2D eigenvalue weighted by molar-refractivity contribution is 0.445. The van der Waals surface area contributed by atoms with E-state index in [1.165, 1.54) is 18.6 Å². The van der Waals surface area contributed by atoms with E-state index in [2.05, 4.69) is 13.0 Å². The van der Waals surface area contributed by atoms with Crippen LogP contribution in [0, 0.1) is 35.0 Å². The summed E-state index contributed by atoms with van der Waals surface area (Å²) < 4.78 is 71.3. The average molecular weight is 466 g/mol. The predicted octanol–water partition coefficient (Wildman–Crippen LogP) is 9.34. The molecule has 1 atom stereocenters. The van der Waals surface area contributed by atoms with Crippen molar-refractivity contribution in [1.82, 2.24) is 0 Å². The van der Waals surface area contributed by atoms with Gasteiger partial charge in [-0.1, -0.05) is 38.0 Å². The van der Waals surface area contributed by atoms with Gasteiger partial charge in [0.1, 0.15) is 11.6 Å². The lowest BCUT2D eigenvalue weighted by Crippen LogP contribution is -2.05. The van der Waals surface area contributed by atoms with Crippen molar-refractivity contribution in [2.24, 2.45) is 5.92 Å². The molecule has 34 heavy (non-hydrogen) atoms. The van der Waals surface area contributed by atoms with E-state index in [0.29, 0.717) is 16.7 Å². The second-order valence-electron chi connectivity index (χ2n) is 9.09. The molecule has 0 bridgehead atoms. The third-order valence-corrected chi connectivity index (χ3v) is 6.84. The Morgan fingerprint density at radius 1 is 0.706 bits per heavy atom. The van der Waals surface area contributed by atoms with Crippen LogP contribution in [0.5, 0.6) is 0 Å². The summed E-state index contributed by atoms with van der Waals surface area (Å²) >= 11 is 0. The summed E-state index contributed by atoms with van der Waals surface area (Å²) in [7, 11) is 0. The molecule has 0 amide bonds. The molecule has 0 aromatic heterocycles. The number of allylic oxidation sites excluding steroid dienone is 2. The smallest absolute Gasteiger partial charge is 0.194 e. The fourth-order valence-corrected chi connectivity index (χ4v) is 5.12. The van der Waals surface area contributed by atoms with Gasteiger partial charge < -0.3 is 0 Å². The first kappa shape index (κ1) is 22.6. The minimum Gasteiger partial charge on any atom is -0.206 e. The van der Waals surface area contributed by atoms with Crippen LogP contribution < -0.4 is 0 Å². The number of fused-ring (bicyclic) bond motifs is 3. The van der Waals surface area contributed by atoms with Crippen molar-refractivity contribution in [3.8, 4) is 11.1 Å². The molecule has 0 N–H and O–H groups in total. The summed E-state index contributed by atoms with van der Waals surface area (Å²) in [6.07, 6.45) is 7.51. The average Bonchev–Trinajstić information content (AvgIpc) is 2.82. The summed E-state index contributed by atoms with van der Waals surface area (Å²) in [5, 5.41) is 1.25. The van der Waals surface area contributed by atoms with Gasteiger partial charge in [0.2, 0.25) is 0 Å². The monoisotopic (exact) mass is 466 g/mol. The molecule has 1 unspecified atom stereocenters. The summed E-state index contributed by atoms with van der Waals surface area (Å²) in [5.74, 6) is -4.84. The first-order valence-electron chi connectivity index (χ1n) is 11.6. The van der Waals surface area contributed by atoms with Crippen molar-refractivity contribution in [3.05, 3.63) is 89.3 Å². The van der Waals surface area contributed by atoms with E-state index >= 15 is 8.78 Å². The molecular formula is C29H23F5. The molecule has 4 aromatic rings. The molecule has 0 aliphatic heterocycles. The Morgan fingerprint density at radius 2 is 1.24 bits per heavy atom. The fourth-order valence-electron chi connectivity index (χ4n) is 5.12. The molecule has 0 spiro atoms. The van der Waals surface area contributed by atoms with Gasteiger partial charge in [-0.3, -0.25) is 0 Å². The van der Waals surface area contributed by atoms with Crippen molar-refractivity contribution in [3.63, 3.8) is 0 Å². The van der Waals surface area contributed by atoms with Crippen LogP contribution in [0.2, 0.25) is 0 Å². The van der Waals surface area contributed by atoms with Crippen molar-refractivity contribution in [1.29, 1.82) is 0 Å². The minimum absolute atomic E-state index is 0.00118. The number of benzene rings is 4. The lowest BCUT2D eigenvalue weighted by atomic mass is 9.84. The van der Waals surface area contributed by atoms with Crippen LogP contribution in [0.3, 0.4) is 0 Å². The molecule has 1 aliphatic rings. The van der Waals surface area contributed by atoms with Crippen LogP contribution >= 0.6 is 0 Å². The maximum atomic E-state index is 15.3. The number of halogens is 5. The van der Waals surface area contributed by atoms with E-state index in [9.17, 15) is 13.2 Å². The van der Waals surface area contributed by atoms with Crippen LogP contribution in [0.25, 0.3) is 38.2 Å². The zero-order chi connectivity index (χ0) is 24.0. The predicted molar refractivity (Wildman–Crippen MR) is 127 cm³/mol. The van der Waals surface area contributed by atoms with Gasteiger partial charge in [0.15, 0.2) is 17.5 Å². The fraction of sp³-hybridized carbons (Fsp3) is 0.241. The first-order chi connectivity index (χ1) is 16.4. The van der Waals surface area contributed by atoms with Gasteiger partial charge >= 0.3 is 0 Å². The van der Waals surface area contributed by atoms with E-state index in [4.69, 9.17) is 0 Å². The summed E-state index contributed by atoms with van der Waals surface area (Å²) in [4.78, 5) is 0. The van der Waals surface area contributed by atoms with Gasteiger partial charge in [0.25, 0.3) is 0 Å². The molecule has 0 saturated heterocycles. The van der Waals surface area contributed by atoms with E-state index in [1.54, 1.807) is 12.1 Å². The standard InChI is InChI=1S/C29H23F5/c1-2-3-16-4-6-17(7-5-16)20-10-18-8-9-19-11-21(22-14-25(32)29(34)26(33)15-22)13-24(31)28(19)27(18)23(30)12-20/h6,8-16H,2-5,7H2,1H3. The van der Waals surface area contributed by atoms with E-state index < -0.39 is 29.1 Å². The van der Waals surface area contributed by atoms with Crippen LogP contribution in [0.4, 0.5) is 22.0 Å². The Kier molecular flexibility index (Phi) is 5.88. The van der Waals surface area contributed by atoms with E-state index in [1.807, 2.05) is 6.07 Å². The molecule has 0 saturated carbocycles. The second-order valence-corrected chi connectivity index (χ2v) is 9.09. The highest BCUT2D eigenvalue weighted by atomic mass is 19.2. The normalized spacial score (nSPS) is 16.3. The zero-order valence-corrected chi connectivity index (χ0v) is 18.7. The third kappa shape index (κ3) is 3.97. The highest BCUT2D eigenvalue weighted by molar-refractivity contribution is 6.09. The SMILES string of the molecule is CCCC1CC=C(c2cc(F)c3c(ccc4cc(-c5cc(F)c(F)c(F)c5)cc(F)c43)c2)CC1. The Morgan fingerprint density at radius 3 is 1.79 bits per heavy atom. The van der Waals surface area contributed by atoms with Gasteiger partial charge in [-0.15, -0.1) is 0 Å². The van der Waals surface area contributed by atoms with Crippen molar-refractivity contribution in [2.45, 2.75) is 39.0 Å². The van der Waals surface area contributed by atoms with Crippen molar-refractivity contribution in [2.75, 3.05) is 0 Å². The molecule has 5 rings (SSSR count). The quantitative estimate of drug-likeness (QED) is 0.160. The number of rotatable bonds is 4. The van der Waals surface area contributed by atoms with E-state index in [-0.39, 0.29) is 21.9 Å². The zero-order valence-electron chi connectivity index (χ0n) is 18.7. The Balaban J connectivity index is 1.60. The lowest BCUT2D eigenvalue weighted by Gasteiger charge is -2.22. The number of hydrogen-bond donors (Lipinski definition) is 0. The molecule has 0 nitrogen and oxygen atoms in total. The van der Waals surface area contributed by atoms with Crippen LogP contribution in [0.15, 0.2) is 54.6 Å². The molecule has 0 fully saturated rings. The molecule has 4 aromatic carbocycles. The van der Waals surface area contributed by atoms with Gasteiger partial charge in [0, 0.05) is 10.8 Å². The number of hydrogen-bond acceptors (Lipinski definition) is 0. The Bertz CT molecular complexity index is 1430. The van der Waals surface area contributed by atoms with Crippen LogP contribution in [-0.2, 0) is 0 Å². The van der Waals surface area contributed by atoms with Gasteiger partial charge in [-0.2, -0.15) is 0 Å². The second kappa shape index (κ2) is 8.86. The van der Waals surface area contributed by atoms with Crippen LogP contribution in [0.1, 0.15) is 44.6 Å². The van der Waals surface area contributed by atoms with E-state index in [0.717, 1.165) is 55.0 Å². The summed E-state index contributed by atoms with van der Waals surface area (Å²) in [6, 6.07) is 11.0. The molecule has 1 aliphatic carbocycles. The third-order valence-electron chi connectivity index (χ3n) is 6.84. The minimum atomic E-state index is -1.58. The Labute approximate surface area is 194 Å². The summed E-state index contributed by atoms with van der Waals surface area (Å²) in [6.45, 7) is 2.18. The van der Waals surface area contributed by atoms with Crippen molar-refractivity contribution >= 4 is 27.1 Å². The first-order valence-corrected chi connectivity index (χ1v) is 11.6. The largest absolute Gasteiger partial charge is 0.206 e.